The number of carbonyl (C=O) groups is 1. The Bertz CT molecular complexity index is 468. The lowest BCUT2D eigenvalue weighted by Crippen LogP contribution is -2.19. The second kappa shape index (κ2) is 6.55. The zero-order valence-electron chi connectivity index (χ0n) is 11.8. The third-order valence-electron chi connectivity index (χ3n) is 3.67. The summed E-state index contributed by atoms with van der Waals surface area (Å²) in [5, 5.41) is 0. The van der Waals surface area contributed by atoms with Crippen LogP contribution >= 0.6 is 0 Å². The number of carbonyl (C=O) groups excluding carboxylic acids is 1. The van der Waals surface area contributed by atoms with Gasteiger partial charge in [0.2, 0.25) is 0 Å². The molecule has 19 heavy (non-hydrogen) atoms. The van der Waals surface area contributed by atoms with Crippen LogP contribution in [-0.4, -0.2) is 12.1 Å². The van der Waals surface area contributed by atoms with E-state index in [1.54, 1.807) is 6.08 Å². The van der Waals surface area contributed by atoms with Gasteiger partial charge < -0.3 is 4.74 Å². The standard InChI is InChI=1S/C17H22O2/c1-13-8-9-14(2)15(12-13)10-11-17(18)19-16-6-4-3-5-7-16/h8-12,16H,3-7H2,1-2H3/b11-10+. The molecule has 1 aliphatic rings. The summed E-state index contributed by atoms with van der Waals surface area (Å²) in [7, 11) is 0. The fourth-order valence-electron chi connectivity index (χ4n) is 2.48. The zero-order chi connectivity index (χ0) is 13.7. The average molecular weight is 258 g/mol. The van der Waals surface area contributed by atoms with Crippen LogP contribution in [0, 0.1) is 13.8 Å². The van der Waals surface area contributed by atoms with E-state index < -0.39 is 0 Å². The Hall–Kier alpha value is -1.57. The van der Waals surface area contributed by atoms with E-state index in [0.29, 0.717) is 0 Å². The topological polar surface area (TPSA) is 26.3 Å². The van der Waals surface area contributed by atoms with Gasteiger partial charge in [-0.2, -0.15) is 0 Å². The molecule has 0 bridgehead atoms. The van der Waals surface area contributed by atoms with Crippen molar-refractivity contribution in [3.05, 3.63) is 41.0 Å². The summed E-state index contributed by atoms with van der Waals surface area (Å²) in [6.07, 6.45) is 9.20. The molecule has 0 unspecified atom stereocenters. The summed E-state index contributed by atoms with van der Waals surface area (Å²) >= 11 is 0. The highest BCUT2D eigenvalue weighted by Gasteiger charge is 2.16. The van der Waals surface area contributed by atoms with E-state index in [1.165, 1.54) is 30.4 Å². The first-order valence-corrected chi connectivity index (χ1v) is 7.11. The average Bonchev–Trinajstić information content (AvgIpc) is 2.41. The molecule has 2 heteroatoms. The van der Waals surface area contributed by atoms with E-state index >= 15 is 0 Å². The van der Waals surface area contributed by atoms with Gasteiger partial charge in [-0.3, -0.25) is 0 Å². The Kier molecular flexibility index (Phi) is 4.78. The number of aryl methyl sites for hydroxylation is 2. The van der Waals surface area contributed by atoms with Gasteiger partial charge in [-0.1, -0.05) is 30.2 Å². The maximum absolute atomic E-state index is 11.8. The molecular formula is C17H22O2. The van der Waals surface area contributed by atoms with Gasteiger partial charge in [0, 0.05) is 6.08 Å². The molecule has 0 spiro atoms. The van der Waals surface area contributed by atoms with Gasteiger partial charge in [0.1, 0.15) is 6.10 Å². The lowest BCUT2D eigenvalue weighted by atomic mass is 9.98. The van der Waals surface area contributed by atoms with Crippen molar-refractivity contribution in [2.75, 3.05) is 0 Å². The first kappa shape index (κ1) is 13.9. The second-order valence-corrected chi connectivity index (χ2v) is 5.39. The maximum atomic E-state index is 11.8. The SMILES string of the molecule is Cc1ccc(C)c(/C=C/C(=O)OC2CCCCC2)c1. The van der Waals surface area contributed by atoms with Gasteiger partial charge in [0.15, 0.2) is 0 Å². The van der Waals surface area contributed by atoms with Crippen molar-refractivity contribution in [3.63, 3.8) is 0 Å². The predicted octanol–water partition coefficient (Wildman–Crippen LogP) is 4.19. The summed E-state index contributed by atoms with van der Waals surface area (Å²) < 4.78 is 5.46. The van der Waals surface area contributed by atoms with Crippen molar-refractivity contribution >= 4 is 12.0 Å². The Labute approximate surface area is 115 Å². The van der Waals surface area contributed by atoms with Crippen molar-refractivity contribution < 1.29 is 9.53 Å². The smallest absolute Gasteiger partial charge is 0.331 e. The molecule has 0 saturated heterocycles. The van der Waals surface area contributed by atoms with Crippen LogP contribution in [0.5, 0.6) is 0 Å². The summed E-state index contributed by atoms with van der Waals surface area (Å²) in [5.74, 6) is -0.215. The van der Waals surface area contributed by atoms with E-state index in [0.717, 1.165) is 18.4 Å². The summed E-state index contributed by atoms with van der Waals surface area (Å²) in [4.78, 5) is 11.8. The van der Waals surface area contributed by atoms with E-state index in [4.69, 9.17) is 4.74 Å². The number of hydrogen-bond donors (Lipinski definition) is 0. The third kappa shape index (κ3) is 4.23. The fourth-order valence-corrected chi connectivity index (χ4v) is 2.48. The van der Waals surface area contributed by atoms with Crippen LogP contribution in [0.4, 0.5) is 0 Å². The van der Waals surface area contributed by atoms with E-state index in [2.05, 4.69) is 25.1 Å². The van der Waals surface area contributed by atoms with Crippen molar-refractivity contribution in [2.45, 2.75) is 52.1 Å². The minimum atomic E-state index is -0.215. The number of benzene rings is 1. The van der Waals surface area contributed by atoms with Crippen molar-refractivity contribution in [3.8, 4) is 0 Å². The van der Waals surface area contributed by atoms with E-state index in [1.807, 2.05) is 13.0 Å². The molecule has 1 aliphatic carbocycles. The molecule has 1 fully saturated rings. The van der Waals surface area contributed by atoms with Gasteiger partial charge in [-0.05, 0) is 56.7 Å². The first-order chi connectivity index (χ1) is 9.15. The molecular weight excluding hydrogens is 236 g/mol. The Morgan fingerprint density at radius 1 is 1.21 bits per heavy atom. The van der Waals surface area contributed by atoms with Crippen molar-refractivity contribution in [2.24, 2.45) is 0 Å². The monoisotopic (exact) mass is 258 g/mol. The van der Waals surface area contributed by atoms with Gasteiger partial charge in [0.25, 0.3) is 0 Å². The summed E-state index contributed by atoms with van der Waals surface area (Å²) in [6, 6.07) is 6.23. The van der Waals surface area contributed by atoms with Crippen LogP contribution in [0.25, 0.3) is 6.08 Å². The summed E-state index contributed by atoms with van der Waals surface area (Å²) in [6.45, 7) is 4.10. The van der Waals surface area contributed by atoms with E-state index in [9.17, 15) is 4.79 Å². The molecule has 0 amide bonds. The predicted molar refractivity (Wildman–Crippen MR) is 77.9 cm³/mol. The molecule has 2 rings (SSSR count). The highest BCUT2D eigenvalue weighted by molar-refractivity contribution is 5.87. The Morgan fingerprint density at radius 2 is 1.95 bits per heavy atom. The molecule has 0 aromatic heterocycles. The van der Waals surface area contributed by atoms with Crippen LogP contribution < -0.4 is 0 Å². The van der Waals surface area contributed by atoms with Gasteiger partial charge >= 0.3 is 5.97 Å². The highest BCUT2D eigenvalue weighted by atomic mass is 16.5. The lowest BCUT2D eigenvalue weighted by Gasteiger charge is -2.20. The molecule has 102 valence electrons. The number of rotatable bonds is 3. The van der Waals surface area contributed by atoms with Crippen LogP contribution in [0.15, 0.2) is 24.3 Å². The van der Waals surface area contributed by atoms with Crippen molar-refractivity contribution in [1.82, 2.24) is 0 Å². The largest absolute Gasteiger partial charge is 0.459 e. The molecule has 0 N–H and O–H groups in total. The van der Waals surface area contributed by atoms with Gasteiger partial charge in [-0.15, -0.1) is 0 Å². The highest BCUT2D eigenvalue weighted by Crippen LogP contribution is 2.20. The number of esters is 1. The molecule has 2 nitrogen and oxygen atoms in total. The van der Waals surface area contributed by atoms with Crippen molar-refractivity contribution in [1.29, 1.82) is 0 Å². The van der Waals surface area contributed by atoms with Crippen LogP contribution in [0.3, 0.4) is 0 Å². The van der Waals surface area contributed by atoms with E-state index in [-0.39, 0.29) is 12.1 Å². The lowest BCUT2D eigenvalue weighted by molar-refractivity contribution is -0.144. The fraction of sp³-hybridized carbons (Fsp3) is 0.471. The zero-order valence-corrected chi connectivity index (χ0v) is 11.8. The minimum absolute atomic E-state index is 0.129. The minimum Gasteiger partial charge on any atom is -0.459 e. The van der Waals surface area contributed by atoms with Crippen LogP contribution in [0.2, 0.25) is 0 Å². The third-order valence-corrected chi connectivity index (χ3v) is 3.67. The molecule has 0 radical (unpaired) electrons. The van der Waals surface area contributed by atoms with Crippen LogP contribution in [-0.2, 0) is 9.53 Å². The molecule has 0 heterocycles. The Morgan fingerprint density at radius 3 is 2.68 bits per heavy atom. The summed E-state index contributed by atoms with van der Waals surface area (Å²) in [5.41, 5.74) is 3.46. The molecule has 1 saturated carbocycles. The van der Waals surface area contributed by atoms with Crippen LogP contribution in [0.1, 0.15) is 48.8 Å². The first-order valence-electron chi connectivity index (χ1n) is 7.11. The quantitative estimate of drug-likeness (QED) is 0.600. The maximum Gasteiger partial charge on any atom is 0.331 e. The second-order valence-electron chi connectivity index (χ2n) is 5.39. The van der Waals surface area contributed by atoms with Gasteiger partial charge in [0.05, 0.1) is 0 Å². The molecule has 1 aromatic rings. The normalized spacial score (nSPS) is 16.7. The number of ether oxygens (including phenoxy) is 1. The molecule has 0 aliphatic heterocycles. The number of hydrogen-bond acceptors (Lipinski definition) is 2. The molecule has 0 atom stereocenters. The Balaban J connectivity index is 1.93. The molecule has 1 aromatic carbocycles. The van der Waals surface area contributed by atoms with Gasteiger partial charge in [-0.25, -0.2) is 4.79 Å².